The summed E-state index contributed by atoms with van der Waals surface area (Å²) in [5, 5.41) is 3.95. The van der Waals surface area contributed by atoms with Crippen molar-refractivity contribution in [3.63, 3.8) is 0 Å². The van der Waals surface area contributed by atoms with Gasteiger partial charge in [-0.15, -0.1) is 0 Å². The van der Waals surface area contributed by atoms with Gasteiger partial charge in [0.2, 0.25) is 0 Å². The molecule has 1 unspecified atom stereocenters. The Morgan fingerprint density at radius 2 is 2.31 bits per heavy atom. The van der Waals surface area contributed by atoms with Crippen LogP contribution in [0.5, 0.6) is 5.75 Å². The van der Waals surface area contributed by atoms with E-state index in [9.17, 15) is 0 Å². The van der Waals surface area contributed by atoms with Gasteiger partial charge in [0.25, 0.3) is 0 Å². The smallest absolute Gasteiger partial charge is 0.138 e. The van der Waals surface area contributed by atoms with Crippen LogP contribution in [0.4, 0.5) is 0 Å². The van der Waals surface area contributed by atoms with Crippen LogP contribution in [0.1, 0.15) is 17.2 Å². The van der Waals surface area contributed by atoms with Gasteiger partial charge < -0.3 is 14.8 Å². The molecule has 0 saturated carbocycles. The molecule has 1 aromatic carbocycles. The van der Waals surface area contributed by atoms with E-state index in [4.69, 9.17) is 21.1 Å². The quantitative estimate of drug-likeness (QED) is 0.862. The first-order chi connectivity index (χ1) is 7.72. The SMILES string of the molecule is COc1cc(C)cc(C2CNCCO2)c1Cl. The van der Waals surface area contributed by atoms with E-state index in [1.54, 1.807) is 7.11 Å². The standard InChI is InChI=1S/C12H16ClNO2/c1-8-5-9(11-7-14-3-4-16-11)12(13)10(6-8)15-2/h5-6,11,14H,3-4,7H2,1-2H3. The van der Waals surface area contributed by atoms with Crippen LogP contribution in [-0.2, 0) is 4.74 Å². The number of benzene rings is 1. The maximum Gasteiger partial charge on any atom is 0.138 e. The first kappa shape index (κ1) is 11.7. The molecule has 0 amide bonds. The summed E-state index contributed by atoms with van der Waals surface area (Å²) in [6, 6.07) is 3.99. The molecule has 0 spiro atoms. The second kappa shape index (κ2) is 5.04. The van der Waals surface area contributed by atoms with Gasteiger partial charge in [0.05, 0.1) is 24.8 Å². The number of hydrogen-bond acceptors (Lipinski definition) is 3. The minimum atomic E-state index is 0.0232. The zero-order valence-electron chi connectivity index (χ0n) is 9.55. The number of halogens is 1. The Balaban J connectivity index is 2.34. The maximum absolute atomic E-state index is 6.28. The summed E-state index contributed by atoms with van der Waals surface area (Å²) >= 11 is 6.28. The molecule has 0 aromatic heterocycles. The summed E-state index contributed by atoms with van der Waals surface area (Å²) < 4.78 is 10.9. The van der Waals surface area contributed by atoms with Crippen LogP contribution in [0, 0.1) is 6.92 Å². The van der Waals surface area contributed by atoms with E-state index in [2.05, 4.69) is 11.4 Å². The molecule has 1 fully saturated rings. The summed E-state index contributed by atoms with van der Waals surface area (Å²) in [4.78, 5) is 0. The van der Waals surface area contributed by atoms with Gasteiger partial charge in [-0.2, -0.15) is 0 Å². The molecular weight excluding hydrogens is 226 g/mol. The van der Waals surface area contributed by atoms with Gasteiger partial charge >= 0.3 is 0 Å². The Morgan fingerprint density at radius 1 is 1.50 bits per heavy atom. The lowest BCUT2D eigenvalue weighted by Gasteiger charge is -2.25. The van der Waals surface area contributed by atoms with Gasteiger partial charge in [-0.3, -0.25) is 0 Å². The molecule has 0 radical (unpaired) electrons. The topological polar surface area (TPSA) is 30.5 Å². The third-order valence-corrected chi connectivity index (χ3v) is 3.11. The normalized spacial score (nSPS) is 20.8. The number of ether oxygens (including phenoxy) is 2. The van der Waals surface area contributed by atoms with Crippen LogP contribution >= 0.6 is 11.6 Å². The van der Waals surface area contributed by atoms with Crippen molar-refractivity contribution >= 4 is 11.6 Å². The molecule has 1 aromatic rings. The van der Waals surface area contributed by atoms with Crippen LogP contribution in [0.15, 0.2) is 12.1 Å². The molecule has 1 atom stereocenters. The van der Waals surface area contributed by atoms with E-state index < -0.39 is 0 Å². The van der Waals surface area contributed by atoms with Crippen molar-refractivity contribution < 1.29 is 9.47 Å². The van der Waals surface area contributed by atoms with Crippen molar-refractivity contribution in [3.8, 4) is 5.75 Å². The Bertz CT molecular complexity index is 376. The third kappa shape index (κ3) is 2.32. The second-order valence-corrected chi connectivity index (χ2v) is 4.31. The Labute approximate surface area is 101 Å². The van der Waals surface area contributed by atoms with Crippen LogP contribution in [0.25, 0.3) is 0 Å². The van der Waals surface area contributed by atoms with E-state index in [0.717, 1.165) is 30.8 Å². The molecule has 16 heavy (non-hydrogen) atoms. The maximum atomic E-state index is 6.28. The number of methoxy groups -OCH3 is 1. The third-order valence-electron chi connectivity index (χ3n) is 2.71. The van der Waals surface area contributed by atoms with E-state index in [1.807, 2.05) is 13.0 Å². The summed E-state index contributed by atoms with van der Waals surface area (Å²) in [5.74, 6) is 0.714. The number of morpholine rings is 1. The predicted molar refractivity (Wildman–Crippen MR) is 64.3 cm³/mol. The van der Waals surface area contributed by atoms with Crippen molar-refractivity contribution in [3.05, 3.63) is 28.3 Å². The molecule has 1 N–H and O–H groups in total. The van der Waals surface area contributed by atoms with Crippen LogP contribution in [0.3, 0.4) is 0 Å². The number of nitrogens with one attached hydrogen (secondary N) is 1. The molecule has 1 aliphatic heterocycles. The first-order valence-corrected chi connectivity index (χ1v) is 5.76. The number of rotatable bonds is 2. The lowest BCUT2D eigenvalue weighted by molar-refractivity contribution is 0.0276. The Kier molecular flexibility index (Phi) is 3.69. The molecule has 3 nitrogen and oxygen atoms in total. The largest absolute Gasteiger partial charge is 0.495 e. The van der Waals surface area contributed by atoms with Gasteiger partial charge in [0.1, 0.15) is 5.75 Å². The highest BCUT2D eigenvalue weighted by Crippen LogP contribution is 2.35. The van der Waals surface area contributed by atoms with Gasteiger partial charge in [-0.05, 0) is 18.6 Å². The minimum Gasteiger partial charge on any atom is -0.495 e. The summed E-state index contributed by atoms with van der Waals surface area (Å²) in [6.45, 7) is 4.44. The van der Waals surface area contributed by atoms with Gasteiger partial charge in [0.15, 0.2) is 0 Å². The predicted octanol–water partition coefficient (Wildman–Crippen LogP) is 2.32. The average molecular weight is 242 g/mol. The summed E-state index contributed by atoms with van der Waals surface area (Å²) in [7, 11) is 1.63. The Morgan fingerprint density at radius 3 is 2.94 bits per heavy atom. The first-order valence-electron chi connectivity index (χ1n) is 5.38. The monoisotopic (exact) mass is 241 g/mol. The van der Waals surface area contributed by atoms with E-state index >= 15 is 0 Å². The molecule has 2 rings (SSSR count). The van der Waals surface area contributed by atoms with Crippen LogP contribution in [-0.4, -0.2) is 26.8 Å². The van der Waals surface area contributed by atoms with Crippen molar-refractivity contribution in [1.82, 2.24) is 5.32 Å². The Hall–Kier alpha value is -0.770. The summed E-state index contributed by atoms with van der Waals surface area (Å²) in [5.41, 5.74) is 2.14. The van der Waals surface area contributed by atoms with Crippen molar-refractivity contribution in [2.45, 2.75) is 13.0 Å². The molecule has 1 heterocycles. The van der Waals surface area contributed by atoms with E-state index in [-0.39, 0.29) is 6.10 Å². The molecule has 1 saturated heterocycles. The van der Waals surface area contributed by atoms with Gasteiger partial charge in [-0.25, -0.2) is 0 Å². The zero-order valence-corrected chi connectivity index (χ0v) is 10.3. The summed E-state index contributed by atoms with van der Waals surface area (Å²) in [6.07, 6.45) is 0.0232. The molecule has 0 bridgehead atoms. The minimum absolute atomic E-state index is 0.0232. The fraction of sp³-hybridized carbons (Fsp3) is 0.500. The van der Waals surface area contributed by atoms with Gasteiger partial charge in [0, 0.05) is 18.7 Å². The highest BCUT2D eigenvalue weighted by molar-refractivity contribution is 6.32. The highest BCUT2D eigenvalue weighted by Gasteiger charge is 2.20. The lowest BCUT2D eigenvalue weighted by atomic mass is 10.0. The second-order valence-electron chi connectivity index (χ2n) is 3.93. The average Bonchev–Trinajstić information content (AvgIpc) is 2.33. The fourth-order valence-electron chi connectivity index (χ4n) is 1.91. The molecule has 4 heteroatoms. The van der Waals surface area contributed by atoms with Crippen molar-refractivity contribution in [2.75, 3.05) is 26.8 Å². The molecule has 88 valence electrons. The zero-order chi connectivity index (χ0) is 11.5. The number of hydrogen-bond donors (Lipinski definition) is 1. The molecule has 0 aliphatic carbocycles. The van der Waals surface area contributed by atoms with Gasteiger partial charge in [-0.1, -0.05) is 17.7 Å². The van der Waals surface area contributed by atoms with Crippen molar-refractivity contribution in [2.24, 2.45) is 0 Å². The molecular formula is C12H16ClNO2. The number of aryl methyl sites for hydroxylation is 1. The highest BCUT2D eigenvalue weighted by atomic mass is 35.5. The van der Waals surface area contributed by atoms with E-state index in [0.29, 0.717) is 10.8 Å². The van der Waals surface area contributed by atoms with E-state index in [1.165, 1.54) is 0 Å². The lowest BCUT2D eigenvalue weighted by Crippen LogP contribution is -2.33. The fourth-order valence-corrected chi connectivity index (χ4v) is 2.22. The van der Waals surface area contributed by atoms with Crippen molar-refractivity contribution in [1.29, 1.82) is 0 Å². The molecule has 1 aliphatic rings. The van der Waals surface area contributed by atoms with Crippen LogP contribution < -0.4 is 10.1 Å². The van der Waals surface area contributed by atoms with Crippen LogP contribution in [0.2, 0.25) is 5.02 Å².